The summed E-state index contributed by atoms with van der Waals surface area (Å²) >= 11 is 0. The average molecular weight is 743 g/mol. The molecule has 0 spiro atoms. The molecule has 0 aliphatic rings. The van der Waals surface area contributed by atoms with Crippen molar-refractivity contribution in [1.29, 1.82) is 0 Å². The quantitative estimate of drug-likeness (QED) is 0.0528. The van der Waals surface area contributed by atoms with E-state index in [0.717, 1.165) is 12.8 Å². The van der Waals surface area contributed by atoms with Crippen LogP contribution >= 0.6 is 0 Å². The Morgan fingerprint density at radius 3 is 0.887 bits per heavy atom. The molecular weight excluding hydrogens is 665 g/mol. The molecule has 5 heteroatoms. The van der Waals surface area contributed by atoms with Gasteiger partial charge in [0.2, 0.25) is 0 Å². The van der Waals surface area contributed by atoms with E-state index in [1.54, 1.807) is 0 Å². The monoisotopic (exact) mass is 743 g/mol. The molecule has 4 nitrogen and oxygen atoms in total. The Morgan fingerprint density at radius 1 is 0.396 bits per heavy atom. The topological polar surface area (TPSA) is 80.3 Å². The van der Waals surface area contributed by atoms with Crippen molar-refractivity contribution in [3.05, 3.63) is 71.8 Å². The van der Waals surface area contributed by atoms with Crippen LogP contribution in [-0.2, 0) is 9.59 Å². The summed E-state index contributed by atoms with van der Waals surface area (Å²) in [5.74, 6) is -1.14. The van der Waals surface area contributed by atoms with Crippen molar-refractivity contribution in [3.8, 4) is 0 Å². The van der Waals surface area contributed by atoms with E-state index in [1.165, 1.54) is 165 Å². The summed E-state index contributed by atoms with van der Waals surface area (Å²) in [5, 5.41) is 21.6. The first kappa shape index (κ1) is 51.1. The van der Waals surface area contributed by atoms with E-state index in [2.05, 4.69) is 38.1 Å². The summed E-state index contributed by atoms with van der Waals surface area (Å²) in [4.78, 5) is 21.6. The minimum atomic E-state index is -0.930. The van der Waals surface area contributed by atoms with E-state index in [4.69, 9.17) is 0 Å². The number of rotatable bonds is 34. The number of aliphatic carboxylic acids is 2. The van der Waals surface area contributed by atoms with E-state index in [9.17, 15) is 19.8 Å². The molecule has 0 aliphatic heterocycles. The third-order valence-electron chi connectivity index (χ3n) is 10.7. The number of hydrogen-bond acceptors (Lipinski definition) is 4. The van der Waals surface area contributed by atoms with Crippen LogP contribution in [0.15, 0.2) is 60.7 Å². The summed E-state index contributed by atoms with van der Waals surface area (Å²) < 4.78 is 0. The van der Waals surface area contributed by atoms with Gasteiger partial charge in [-0.2, -0.15) is 0 Å². The van der Waals surface area contributed by atoms with Crippen LogP contribution in [0, 0.1) is 0 Å². The van der Waals surface area contributed by atoms with E-state index in [-0.39, 0.29) is 35.9 Å². The van der Waals surface area contributed by atoms with Crippen molar-refractivity contribution < 1.29 is 19.8 Å². The number of carbonyl (C=O) groups excluding carboxylic acids is 2. The zero-order chi connectivity index (χ0) is 37.7. The van der Waals surface area contributed by atoms with Gasteiger partial charge in [0.05, 0.1) is 0 Å². The third kappa shape index (κ3) is 32.1. The number of unbranched alkanes of at least 4 members (excludes halogenated alkanes) is 22. The molecule has 2 aromatic carbocycles. The Hall–Kier alpha value is -1.85. The Balaban J connectivity index is 0.00000100. The zero-order valence-corrected chi connectivity index (χ0v) is 35.9. The molecule has 53 heavy (non-hydrogen) atoms. The summed E-state index contributed by atoms with van der Waals surface area (Å²) in [7, 11) is 0. The molecule has 2 rings (SSSR count). The second-order valence-corrected chi connectivity index (χ2v) is 15.4. The van der Waals surface area contributed by atoms with Crippen molar-refractivity contribution in [2.75, 3.05) is 0 Å². The second kappa shape index (κ2) is 38.4. The normalized spacial score (nSPS) is 12.0. The summed E-state index contributed by atoms with van der Waals surface area (Å²) in [5.41, 5.74) is 2.55. The summed E-state index contributed by atoms with van der Waals surface area (Å²) in [6.45, 7) is 4.54. The molecule has 0 radical (unpaired) electrons. The van der Waals surface area contributed by atoms with Gasteiger partial charge in [-0.1, -0.05) is 229 Å². The predicted octanol–water partition coefficient (Wildman–Crippen LogP) is 12.4. The number of carboxylic acid groups (broad SMARTS) is 2. The van der Waals surface area contributed by atoms with Crippen LogP contribution in [0.5, 0.6) is 0 Å². The molecule has 2 aromatic rings. The number of carboxylic acids is 2. The fourth-order valence-corrected chi connectivity index (χ4v) is 7.45. The van der Waals surface area contributed by atoms with Crippen molar-refractivity contribution in [2.45, 2.75) is 218 Å². The van der Waals surface area contributed by atoms with Gasteiger partial charge < -0.3 is 19.8 Å². The van der Waals surface area contributed by atoms with Gasteiger partial charge in [-0.3, -0.25) is 0 Å². The Kier molecular flexibility index (Phi) is 37.1. The predicted molar refractivity (Wildman–Crippen MR) is 224 cm³/mol. The van der Waals surface area contributed by atoms with Gasteiger partial charge in [-0.15, -0.1) is 0 Å². The van der Waals surface area contributed by atoms with Crippen molar-refractivity contribution >= 4 is 35.0 Å². The van der Waals surface area contributed by atoms with Crippen LogP contribution in [0.2, 0.25) is 0 Å². The first-order valence-corrected chi connectivity index (χ1v) is 22.0. The largest absolute Gasteiger partial charge is 2.00 e. The molecule has 0 bridgehead atoms. The van der Waals surface area contributed by atoms with Crippen LogP contribution in [0.4, 0.5) is 0 Å². The smallest absolute Gasteiger partial charge is 0.550 e. The van der Waals surface area contributed by atoms with E-state index >= 15 is 0 Å². The van der Waals surface area contributed by atoms with Gasteiger partial charge in [-0.25, -0.2) is 0 Å². The molecule has 0 heterocycles. The maximum Gasteiger partial charge on any atom is 2.00 e. The van der Waals surface area contributed by atoms with Gasteiger partial charge in [-0.05, 0) is 61.5 Å². The van der Waals surface area contributed by atoms with E-state index < -0.39 is 11.9 Å². The van der Waals surface area contributed by atoms with Gasteiger partial charge in [0.25, 0.3) is 0 Å². The van der Waals surface area contributed by atoms with Crippen LogP contribution in [0.3, 0.4) is 0 Å². The van der Waals surface area contributed by atoms with Gasteiger partial charge in [0.15, 0.2) is 0 Å². The molecule has 0 fully saturated rings. The Morgan fingerprint density at radius 2 is 0.642 bits per heavy atom. The summed E-state index contributed by atoms with van der Waals surface area (Å²) in [6.07, 6.45) is 36.5. The maximum absolute atomic E-state index is 10.8. The zero-order valence-electron chi connectivity index (χ0n) is 34.5. The van der Waals surface area contributed by atoms with Crippen LogP contribution in [0.1, 0.15) is 229 Å². The Bertz CT molecular complexity index is 974. The molecule has 0 aliphatic carbocycles. The van der Waals surface area contributed by atoms with Crippen molar-refractivity contribution in [1.82, 2.24) is 0 Å². The first-order valence-electron chi connectivity index (χ1n) is 22.0. The minimum absolute atomic E-state index is 0. The maximum atomic E-state index is 10.8. The van der Waals surface area contributed by atoms with Gasteiger partial charge in [0.1, 0.15) is 0 Å². The molecule has 2 atom stereocenters. The van der Waals surface area contributed by atoms with E-state index in [1.807, 2.05) is 36.4 Å². The molecule has 0 aromatic heterocycles. The molecule has 0 saturated heterocycles. The standard InChI is InChI=1S/2C24H40O2.Mg/c2*1-2-3-4-5-6-7-8-9-10-11-12-14-19-23(20-21-24(25)26)22-17-15-13-16-18-22;/h2*13,15-18,23H,2-12,14,19-21H2,1H3,(H,25,26);/q;;+2/p-2. The first-order chi connectivity index (χ1) is 25.5. The molecule has 0 saturated carbocycles. The second-order valence-electron chi connectivity index (χ2n) is 15.4. The number of carbonyl (C=O) groups is 2. The van der Waals surface area contributed by atoms with Crippen LogP contribution < -0.4 is 10.2 Å². The van der Waals surface area contributed by atoms with Gasteiger partial charge in [0, 0.05) is 11.9 Å². The van der Waals surface area contributed by atoms with Gasteiger partial charge >= 0.3 is 23.1 Å². The van der Waals surface area contributed by atoms with Crippen LogP contribution in [-0.4, -0.2) is 35.0 Å². The minimum Gasteiger partial charge on any atom is -0.550 e. The van der Waals surface area contributed by atoms with Crippen molar-refractivity contribution in [3.63, 3.8) is 0 Å². The van der Waals surface area contributed by atoms with Crippen LogP contribution in [0.25, 0.3) is 0 Å². The van der Waals surface area contributed by atoms with E-state index in [0.29, 0.717) is 24.7 Å². The molecular formula is C48H78MgO4. The summed E-state index contributed by atoms with van der Waals surface area (Å²) in [6, 6.07) is 20.7. The fourth-order valence-electron chi connectivity index (χ4n) is 7.45. The number of benzene rings is 2. The molecule has 296 valence electrons. The number of hydrogen-bond donors (Lipinski definition) is 0. The fraction of sp³-hybridized carbons (Fsp3) is 0.708. The van der Waals surface area contributed by atoms with Crippen molar-refractivity contribution in [2.24, 2.45) is 0 Å². The SMILES string of the molecule is CCCCCCCCCCCCCCC(CCC(=O)[O-])c1ccccc1.CCCCCCCCCCCCCCC(CCC(=O)[O-])c1ccccc1.[Mg+2]. The Labute approximate surface area is 343 Å². The molecule has 2 unspecified atom stereocenters. The molecule has 0 amide bonds. The third-order valence-corrected chi connectivity index (χ3v) is 10.7. The average Bonchev–Trinajstić information content (AvgIpc) is 3.15. The molecule has 0 N–H and O–H groups in total.